The summed E-state index contributed by atoms with van der Waals surface area (Å²) in [4.78, 5) is 5.05. The lowest BCUT2D eigenvalue weighted by Gasteiger charge is -2.16. The van der Waals surface area contributed by atoms with E-state index in [1.165, 1.54) is 22.7 Å². The zero-order chi connectivity index (χ0) is 15.8. The fourth-order valence-corrected chi connectivity index (χ4v) is 4.41. The zero-order valence-electron chi connectivity index (χ0n) is 12.7. The minimum absolute atomic E-state index is 0.0677. The van der Waals surface area contributed by atoms with Crippen molar-refractivity contribution in [3.05, 3.63) is 28.7 Å². The van der Waals surface area contributed by atoms with E-state index in [0.717, 1.165) is 4.88 Å². The van der Waals surface area contributed by atoms with Crippen molar-refractivity contribution in [2.45, 2.75) is 43.9 Å². The second-order valence-electron chi connectivity index (χ2n) is 5.86. The van der Waals surface area contributed by atoms with E-state index in [-0.39, 0.29) is 12.0 Å². The maximum absolute atomic E-state index is 12.5. The lowest BCUT2D eigenvalue weighted by Crippen LogP contribution is -2.26. The maximum Gasteiger partial charge on any atom is 0.252 e. The molecule has 0 saturated heterocycles. The van der Waals surface area contributed by atoms with Crippen LogP contribution in [0.1, 0.15) is 37.4 Å². The molecular weight excluding hydrogens is 310 g/mol. The summed E-state index contributed by atoms with van der Waals surface area (Å²) in [7, 11) is -2.03. The number of aromatic nitrogens is 2. The van der Waals surface area contributed by atoms with Gasteiger partial charge in [0, 0.05) is 18.8 Å². The Kier molecular flexibility index (Phi) is 4.23. The predicted molar refractivity (Wildman–Crippen MR) is 80.7 cm³/mol. The first-order valence-electron chi connectivity index (χ1n) is 6.46. The molecule has 0 fully saturated rings. The standard InChI is InChI=1S/C13H19N3O3S2/c1-9-14-11(15-19-9)8-16(5)21(17,18)12-7-6-10(20-12)13(2,3)4/h6-7H,8H2,1-5H3. The molecule has 116 valence electrons. The van der Waals surface area contributed by atoms with Gasteiger partial charge in [-0.2, -0.15) is 9.29 Å². The van der Waals surface area contributed by atoms with Gasteiger partial charge < -0.3 is 4.52 Å². The summed E-state index contributed by atoms with van der Waals surface area (Å²) in [6.07, 6.45) is 0. The van der Waals surface area contributed by atoms with Crippen LogP contribution in [0.25, 0.3) is 0 Å². The third-order valence-electron chi connectivity index (χ3n) is 2.92. The Balaban J connectivity index is 2.23. The van der Waals surface area contributed by atoms with Crippen molar-refractivity contribution >= 4 is 21.4 Å². The maximum atomic E-state index is 12.5. The van der Waals surface area contributed by atoms with E-state index >= 15 is 0 Å². The Labute approximate surface area is 128 Å². The third-order valence-corrected chi connectivity index (χ3v) is 6.70. The molecule has 0 radical (unpaired) electrons. The SMILES string of the molecule is Cc1nc(CN(C)S(=O)(=O)c2ccc(C(C)(C)C)s2)no1. The van der Waals surface area contributed by atoms with E-state index in [9.17, 15) is 8.42 Å². The Bertz CT molecular complexity index is 726. The number of sulfonamides is 1. The van der Waals surface area contributed by atoms with Crippen molar-refractivity contribution in [2.75, 3.05) is 7.05 Å². The van der Waals surface area contributed by atoms with Crippen LogP contribution in [0.3, 0.4) is 0 Å². The van der Waals surface area contributed by atoms with Crippen LogP contribution in [0.5, 0.6) is 0 Å². The molecule has 0 saturated carbocycles. The first kappa shape index (κ1) is 16.1. The average Bonchev–Trinajstić information content (AvgIpc) is 2.97. The monoisotopic (exact) mass is 329 g/mol. The van der Waals surface area contributed by atoms with E-state index in [2.05, 4.69) is 30.9 Å². The molecule has 21 heavy (non-hydrogen) atoms. The highest BCUT2D eigenvalue weighted by Crippen LogP contribution is 2.32. The summed E-state index contributed by atoms with van der Waals surface area (Å²) in [6, 6.07) is 3.52. The highest BCUT2D eigenvalue weighted by atomic mass is 32.2. The van der Waals surface area contributed by atoms with Crippen LogP contribution in [0.15, 0.2) is 20.9 Å². The van der Waals surface area contributed by atoms with Crippen LogP contribution in [0.4, 0.5) is 0 Å². The fourth-order valence-electron chi connectivity index (χ4n) is 1.71. The molecule has 2 rings (SSSR count). The van der Waals surface area contributed by atoms with Gasteiger partial charge in [-0.15, -0.1) is 11.3 Å². The minimum atomic E-state index is -3.54. The predicted octanol–water partition coefficient (Wildman–Crippen LogP) is 2.56. The average molecular weight is 329 g/mol. The Morgan fingerprint density at radius 1 is 1.33 bits per heavy atom. The molecule has 0 aliphatic heterocycles. The van der Waals surface area contributed by atoms with Gasteiger partial charge in [0.05, 0.1) is 6.54 Å². The van der Waals surface area contributed by atoms with Crippen molar-refractivity contribution in [1.29, 1.82) is 0 Å². The highest BCUT2D eigenvalue weighted by Gasteiger charge is 2.26. The molecule has 0 aromatic carbocycles. The molecule has 0 spiro atoms. The Morgan fingerprint density at radius 3 is 2.48 bits per heavy atom. The second kappa shape index (κ2) is 5.51. The number of hydrogen-bond acceptors (Lipinski definition) is 6. The normalized spacial score (nSPS) is 13.0. The molecule has 2 heterocycles. The van der Waals surface area contributed by atoms with E-state index in [4.69, 9.17) is 4.52 Å². The van der Waals surface area contributed by atoms with Crippen molar-refractivity contribution < 1.29 is 12.9 Å². The molecule has 0 amide bonds. The molecule has 0 aliphatic carbocycles. The first-order chi connectivity index (χ1) is 9.60. The smallest absolute Gasteiger partial charge is 0.252 e. The highest BCUT2D eigenvalue weighted by molar-refractivity contribution is 7.91. The molecular formula is C13H19N3O3S2. The molecule has 6 nitrogen and oxygen atoms in total. The van der Waals surface area contributed by atoms with Crippen molar-refractivity contribution in [3.8, 4) is 0 Å². The van der Waals surface area contributed by atoms with Crippen LogP contribution < -0.4 is 0 Å². The zero-order valence-corrected chi connectivity index (χ0v) is 14.4. The van der Waals surface area contributed by atoms with Gasteiger partial charge in [0.1, 0.15) is 4.21 Å². The lowest BCUT2D eigenvalue weighted by atomic mass is 9.95. The molecule has 0 N–H and O–H groups in total. The van der Waals surface area contributed by atoms with Crippen LogP contribution in [-0.2, 0) is 22.0 Å². The first-order valence-corrected chi connectivity index (χ1v) is 8.72. The number of hydrogen-bond donors (Lipinski definition) is 0. The van der Waals surface area contributed by atoms with E-state index in [0.29, 0.717) is 15.9 Å². The van der Waals surface area contributed by atoms with Gasteiger partial charge >= 0.3 is 0 Å². The number of nitrogens with zero attached hydrogens (tertiary/aromatic N) is 3. The second-order valence-corrected chi connectivity index (χ2v) is 9.21. The summed E-state index contributed by atoms with van der Waals surface area (Å²) < 4.78 is 31.5. The van der Waals surface area contributed by atoms with E-state index in [1.807, 2.05) is 6.07 Å². The number of aryl methyl sites for hydroxylation is 1. The van der Waals surface area contributed by atoms with Crippen LogP contribution in [0.2, 0.25) is 0 Å². The third kappa shape index (κ3) is 3.50. The van der Waals surface area contributed by atoms with E-state index < -0.39 is 10.0 Å². The molecule has 2 aromatic rings. The topological polar surface area (TPSA) is 76.3 Å². The van der Waals surface area contributed by atoms with Crippen molar-refractivity contribution in [2.24, 2.45) is 0 Å². The summed E-state index contributed by atoms with van der Waals surface area (Å²) in [6.45, 7) is 7.92. The Hall–Kier alpha value is -1.25. The number of thiophene rings is 1. The van der Waals surface area contributed by atoms with Gasteiger partial charge in [0.15, 0.2) is 5.82 Å². The summed E-state index contributed by atoms with van der Waals surface area (Å²) in [5.41, 5.74) is -0.0677. The quantitative estimate of drug-likeness (QED) is 0.861. The van der Waals surface area contributed by atoms with Crippen LogP contribution in [-0.4, -0.2) is 29.9 Å². The molecule has 0 bridgehead atoms. The summed E-state index contributed by atoms with van der Waals surface area (Å²) in [5.74, 6) is 0.771. The summed E-state index contributed by atoms with van der Waals surface area (Å²) >= 11 is 1.30. The van der Waals surface area contributed by atoms with Gasteiger partial charge in [-0.05, 0) is 17.5 Å². The van der Waals surface area contributed by atoms with Crippen LogP contribution >= 0.6 is 11.3 Å². The minimum Gasteiger partial charge on any atom is -0.340 e. The number of rotatable bonds is 4. The largest absolute Gasteiger partial charge is 0.340 e. The molecule has 0 unspecified atom stereocenters. The molecule has 0 aliphatic rings. The lowest BCUT2D eigenvalue weighted by molar-refractivity contribution is 0.377. The Morgan fingerprint density at radius 2 is 2.00 bits per heavy atom. The van der Waals surface area contributed by atoms with Gasteiger partial charge in [0.2, 0.25) is 5.89 Å². The van der Waals surface area contributed by atoms with Gasteiger partial charge in [-0.3, -0.25) is 0 Å². The van der Waals surface area contributed by atoms with Crippen LogP contribution in [0, 0.1) is 6.92 Å². The summed E-state index contributed by atoms with van der Waals surface area (Å²) in [5, 5.41) is 3.72. The molecule has 0 atom stereocenters. The molecule has 2 aromatic heterocycles. The fraction of sp³-hybridized carbons (Fsp3) is 0.538. The van der Waals surface area contributed by atoms with Crippen molar-refractivity contribution in [3.63, 3.8) is 0 Å². The van der Waals surface area contributed by atoms with Gasteiger partial charge in [0.25, 0.3) is 10.0 Å². The van der Waals surface area contributed by atoms with Gasteiger partial charge in [-0.25, -0.2) is 8.42 Å². The van der Waals surface area contributed by atoms with E-state index in [1.54, 1.807) is 13.0 Å². The van der Waals surface area contributed by atoms with Gasteiger partial charge in [-0.1, -0.05) is 25.9 Å². The van der Waals surface area contributed by atoms with Crippen molar-refractivity contribution in [1.82, 2.24) is 14.4 Å². The molecule has 8 heteroatoms.